The van der Waals surface area contributed by atoms with Gasteiger partial charge in [-0.05, 0) is 45.1 Å². The summed E-state index contributed by atoms with van der Waals surface area (Å²) in [6, 6.07) is 0. The summed E-state index contributed by atoms with van der Waals surface area (Å²) < 4.78 is 0. The van der Waals surface area contributed by atoms with E-state index in [0.29, 0.717) is 0 Å². The molecule has 0 spiro atoms. The maximum absolute atomic E-state index is 4.72. The van der Waals surface area contributed by atoms with Gasteiger partial charge in [-0.3, -0.25) is 0 Å². The van der Waals surface area contributed by atoms with Crippen molar-refractivity contribution in [2.75, 3.05) is 6.54 Å². The Morgan fingerprint density at radius 1 is 1.50 bits per heavy atom. The monoisotopic (exact) mass is 238 g/mol. The molecule has 16 heavy (non-hydrogen) atoms. The van der Waals surface area contributed by atoms with Gasteiger partial charge in [-0.25, -0.2) is 4.98 Å². The Hall–Kier alpha value is -0.410. The molecule has 2 rings (SSSR count). The molecule has 1 saturated carbocycles. The zero-order valence-electron chi connectivity index (χ0n) is 10.5. The summed E-state index contributed by atoms with van der Waals surface area (Å²) in [5.74, 6) is 0.814. The fourth-order valence-electron chi connectivity index (χ4n) is 2.44. The average Bonchev–Trinajstić information content (AvgIpc) is 3.04. The zero-order valence-corrected chi connectivity index (χ0v) is 11.4. The molecule has 1 fully saturated rings. The number of hydrogen-bond acceptors (Lipinski definition) is 3. The lowest BCUT2D eigenvalue weighted by Gasteiger charge is -2.32. The van der Waals surface area contributed by atoms with Crippen LogP contribution in [0.4, 0.5) is 0 Å². The van der Waals surface area contributed by atoms with Crippen LogP contribution in [0.2, 0.25) is 0 Å². The van der Waals surface area contributed by atoms with Crippen LogP contribution in [0.3, 0.4) is 0 Å². The fourth-order valence-corrected chi connectivity index (χ4v) is 3.57. The van der Waals surface area contributed by atoms with Gasteiger partial charge >= 0.3 is 0 Å². The maximum atomic E-state index is 4.72. The van der Waals surface area contributed by atoms with E-state index in [-0.39, 0.29) is 5.54 Å². The summed E-state index contributed by atoms with van der Waals surface area (Å²) in [6.45, 7) is 7.71. The number of aromatic nitrogens is 1. The highest BCUT2D eigenvalue weighted by atomic mass is 32.1. The van der Waals surface area contributed by atoms with E-state index in [1.54, 1.807) is 0 Å². The summed E-state index contributed by atoms with van der Waals surface area (Å²) in [5, 5.41) is 7.26. The van der Waals surface area contributed by atoms with E-state index in [1.807, 2.05) is 11.3 Å². The predicted octanol–water partition coefficient (Wildman–Crippen LogP) is 3.47. The molecule has 1 heterocycles. The number of aryl methyl sites for hydroxylation is 1. The molecule has 0 radical (unpaired) electrons. The van der Waals surface area contributed by atoms with E-state index in [0.717, 1.165) is 24.6 Å². The molecular formula is C13H22N2S. The SMILES string of the molecule is CCCNC(CC)(c1nc(C)cs1)C1CC1. The van der Waals surface area contributed by atoms with Gasteiger partial charge in [-0.1, -0.05) is 13.8 Å². The van der Waals surface area contributed by atoms with Gasteiger partial charge in [-0.2, -0.15) is 0 Å². The quantitative estimate of drug-likeness (QED) is 0.821. The molecule has 1 aliphatic carbocycles. The molecule has 1 N–H and O–H groups in total. The molecule has 1 aromatic heterocycles. The second-order valence-corrected chi connectivity index (χ2v) is 5.68. The average molecular weight is 238 g/mol. The van der Waals surface area contributed by atoms with E-state index in [1.165, 1.54) is 24.3 Å². The topological polar surface area (TPSA) is 24.9 Å². The normalized spacial score (nSPS) is 19.7. The molecule has 1 aromatic rings. The van der Waals surface area contributed by atoms with E-state index >= 15 is 0 Å². The highest BCUT2D eigenvalue weighted by molar-refractivity contribution is 7.09. The van der Waals surface area contributed by atoms with Crippen LogP contribution < -0.4 is 5.32 Å². The molecular weight excluding hydrogens is 216 g/mol. The van der Waals surface area contributed by atoms with Crippen molar-refractivity contribution < 1.29 is 0 Å². The van der Waals surface area contributed by atoms with Crippen molar-refractivity contribution in [1.82, 2.24) is 10.3 Å². The first kappa shape index (κ1) is 12.1. The first-order chi connectivity index (χ1) is 7.73. The maximum Gasteiger partial charge on any atom is 0.113 e. The highest BCUT2D eigenvalue weighted by Gasteiger charge is 2.46. The van der Waals surface area contributed by atoms with Gasteiger partial charge in [0.25, 0.3) is 0 Å². The molecule has 0 aliphatic heterocycles. The van der Waals surface area contributed by atoms with Crippen molar-refractivity contribution in [1.29, 1.82) is 0 Å². The first-order valence-corrected chi connectivity index (χ1v) is 7.28. The van der Waals surface area contributed by atoms with Crippen molar-refractivity contribution in [2.24, 2.45) is 5.92 Å². The third-order valence-corrected chi connectivity index (χ3v) is 4.66. The van der Waals surface area contributed by atoms with Crippen molar-refractivity contribution in [2.45, 2.75) is 52.0 Å². The van der Waals surface area contributed by atoms with Gasteiger partial charge in [0.15, 0.2) is 0 Å². The molecule has 1 unspecified atom stereocenters. The van der Waals surface area contributed by atoms with E-state index < -0.39 is 0 Å². The highest BCUT2D eigenvalue weighted by Crippen LogP contribution is 2.48. The third-order valence-electron chi connectivity index (χ3n) is 3.52. The molecule has 0 amide bonds. The summed E-state index contributed by atoms with van der Waals surface area (Å²) in [5.41, 5.74) is 1.34. The van der Waals surface area contributed by atoms with Crippen molar-refractivity contribution in [3.63, 3.8) is 0 Å². The summed E-state index contributed by atoms with van der Waals surface area (Å²) in [6.07, 6.45) is 5.08. The van der Waals surface area contributed by atoms with E-state index in [4.69, 9.17) is 4.98 Å². The molecule has 2 nitrogen and oxygen atoms in total. The van der Waals surface area contributed by atoms with Gasteiger partial charge in [0.2, 0.25) is 0 Å². The molecule has 90 valence electrons. The van der Waals surface area contributed by atoms with Gasteiger partial charge < -0.3 is 5.32 Å². The van der Waals surface area contributed by atoms with Crippen molar-refractivity contribution in [3.8, 4) is 0 Å². The van der Waals surface area contributed by atoms with Crippen molar-refractivity contribution in [3.05, 3.63) is 16.1 Å². The molecule has 3 heteroatoms. The smallest absolute Gasteiger partial charge is 0.113 e. The Bertz CT molecular complexity index is 343. The largest absolute Gasteiger partial charge is 0.305 e. The summed E-state index contributed by atoms with van der Waals surface area (Å²) >= 11 is 1.83. The molecule has 1 aliphatic rings. The fraction of sp³-hybridized carbons (Fsp3) is 0.769. The Labute approximate surface area is 102 Å². The summed E-state index contributed by atoms with van der Waals surface area (Å²) in [7, 11) is 0. The van der Waals surface area contributed by atoms with Crippen LogP contribution in [-0.2, 0) is 5.54 Å². The number of rotatable bonds is 6. The molecule has 0 saturated heterocycles. The van der Waals surface area contributed by atoms with Gasteiger partial charge in [0.1, 0.15) is 5.01 Å². The van der Waals surface area contributed by atoms with Crippen LogP contribution in [0.5, 0.6) is 0 Å². The lowest BCUT2D eigenvalue weighted by Crippen LogP contribution is -2.44. The van der Waals surface area contributed by atoms with Gasteiger partial charge in [0.05, 0.1) is 5.54 Å². The van der Waals surface area contributed by atoms with Crippen LogP contribution in [0, 0.1) is 12.8 Å². The Morgan fingerprint density at radius 2 is 2.25 bits per heavy atom. The number of nitrogens with zero attached hydrogens (tertiary/aromatic N) is 1. The lowest BCUT2D eigenvalue weighted by atomic mass is 9.90. The van der Waals surface area contributed by atoms with Crippen LogP contribution in [-0.4, -0.2) is 11.5 Å². The number of hydrogen-bond donors (Lipinski definition) is 1. The number of nitrogens with one attached hydrogen (secondary N) is 1. The van der Waals surface area contributed by atoms with Gasteiger partial charge in [-0.15, -0.1) is 11.3 Å². The van der Waals surface area contributed by atoms with E-state index in [9.17, 15) is 0 Å². The van der Waals surface area contributed by atoms with Crippen LogP contribution in [0.25, 0.3) is 0 Å². The predicted molar refractivity (Wildman–Crippen MR) is 69.8 cm³/mol. The Kier molecular flexibility index (Phi) is 3.65. The lowest BCUT2D eigenvalue weighted by molar-refractivity contribution is 0.275. The summed E-state index contributed by atoms with van der Waals surface area (Å²) in [4.78, 5) is 4.72. The number of thiazole rings is 1. The second-order valence-electron chi connectivity index (χ2n) is 4.82. The molecule has 0 aromatic carbocycles. The third kappa shape index (κ3) is 2.16. The standard InChI is InChI=1S/C13H22N2S/c1-4-8-14-13(5-2,11-6-7-11)12-15-10(3)9-16-12/h9,11,14H,4-8H2,1-3H3. The van der Waals surface area contributed by atoms with Crippen LogP contribution in [0.15, 0.2) is 5.38 Å². The minimum atomic E-state index is 0.176. The minimum absolute atomic E-state index is 0.176. The molecule has 1 atom stereocenters. The second kappa shape index (κ2) is 4.84. The van der Waals surface area contributed by atoms with Crippen molar-refractivity contribution >= 4 is 11.3 Å². The van der Waals surface area contributed by atoms with Crippen LogP contribution >= 0.6 is 11.3 Å². The van der Waals surface area contributed by atoms with Gasteiger partial charge in [0, 0.05) is 11.1 Å². The van der Waals surface area contributed by atoms with Crippen LogP contribution in [0.1, 0.15) is 50.2 Å². The minimum Gasteiger partial charge on any atom is -0.305 e. The zero-order chi connectivity index (χ0) is 11.6. The Morgan fingerprint density at radius 3 is 2.69 bits per heavy atom. The molecule has 0 bridgehead atoms. The Balaban J connectivity index is 2.24. The van der Waals surface area contributed by atoms with E-state index in [2.05, 4.69) is 31.5 Å². The first-order valence-electron chi connectivity index (χ1n) is 6.40.